The minimum atomic E-state index is -0.320. The number of fused-ring (bicyclic) bond motifs is 1. The Morgan fingerprint density at radius 2 is 1.96 bits per heavy atom. The molecule has 1 aromatic heterocycles. The Morgan fingerprint density at radius 1 is 1.19 bits per heavy atom. The average molecular weight is 354 g/mol. The molecule has 1 amide bonds. The quantitative estimate of drug-likeness (QED) is 0.764. The third kappa shape index (κ3) is 3.44. The Kier molecular flexibility index (Phi) is 5.02. The van der Waals surface area contributed by atoms with Crippen LogP contribution in [0.15, 0.2) is 48.7 Å². The number of methoxy groups -OCH3 is 1. The van der Waals surface area contributed by atoms with Crippen LogP contribution < -0.4 is 10.1 Å². The zero-order valence-electron chi connectivity index (χ0n) is 14.6. The number of nitrogens with zero attached hydrogens (tertiary/aromatic N) is 1. The van der Waals surface area contributed by atoms with Gasteiger partial charge in [0.25, 0.3) is 5.91 Å². The molecule has 1 heterocycles. The Labute approximate surface area is 150 Å². The average Bonchev–Trinajstić information content (AvgIpc) is 3.02. The molecule has 2 aromatic carbocycles. The van der Waals surface area contributed by atoms with Crippen molar-refractivity contribution in [1.29, 1.82) is 0 Å². The van der Waals surface area contributed by atoms with Gasteiger partial charge in [-0.15, -0.1) is 0 Å². The summed E-state index contributed by atoms with van der Waals surface area (Å²) in [4.78, 5) is 24.4. The highest BCUT2D eigenvalue weighted by molar-refractivity contribution is 6.09. The van der Waals surface area contributed by atoms with Crippen molar-refractivity contribution < 1.29 is 18.7 Å². The van der Waals surface area contributed by atoms with Crippen molar-refractivity contribution >= 4 is 22.7 Å². The molecule has 0 saturated heterocycles. The number of rotatable bonds is 5. The molecule has 0 aliphatic heterocycles. The lowest BCUT2D eigenvalue weighted by molar-refractivity contribution is 0.0941. The van der Waals surface area contributed by atoms with Crippen LogP contribution in [-0.2, 0) is 6.42 Å². The number of carbonyl (C=O) groups excluding carboxylic acids is 2. The lowest BCUT2D eigenvalue weighted by atomic mass is 10.1. The van der Waals surface area contributed by atoms with E-state index < -0.39 is 0 Å². The number of hydrogen-bond donors (Lipinski definition) is 1. The topological polar surface area (TPSA) is 60.3 Å². The molecular weight excluding hydrogens is 335 g/mol. The van der Waals surface area contributed by atoms with Gasteiger partial charge in [-0.1, -0.05) is 18.2 Å². The Bertz CT molecular complexity index is 978. The maximum atomic E-state index is 13.7. The third-order valence-electron chi connectivity index (χ3n) is 4.23. The van der Waals surface area contributed by atoms with E-state index >= 15 is 0 Å². The Balaban J connectivity index is 1.83. The van der Waals surface area contributed by atoms with E-state index in [1.54, 1.807) is 36.4 Å². The van der Waals surface area contributed by atoms with E-state index in [0.717, 1.165) is 0 Å². The molecule has 0 fully saturated rings. The van der Waals surface area contributed by atoms with Crippen LogP contribution in [0.1, 0.15) is 27.6 Å². The fourth-order valence-corrected chi connectivity index (χ4v) is 2.88. The molecule has 5 nitrogen and oxygen atoms in total. The van der Waals surface area contributed by atoms with Crippen LogP contribution in [0, 0.1) is 5.82 Å². The maximum absolute atomic E-state index is 13.7. The molecule has 0 aliphatic rings. The van der Waals surface area contributed by atoms with Crippen LogP contribution in [-0.4, -0.2) is 30.0 Å². The van der Waals surface area contributed by atoms with Crippen molar-refractivity contribution in [1.82, 2.24) is 9.88 Å². The molecule has 6 heteroatoms. The fraction of sp³-hybridized carbons (Fsp3) is 0.200. The fourth-order valence-electron chi connectivity index (χ4n) is 2.88. The molecule has 0 atom stereocenters. The highest BCUT2D eigenvalue weighted by atomic mass is 19.1. The Morgan fingerprint density at radius 3 is 2.65 bits per heavy atom. The summed E-state index contributed by atoms with van der Waals surface area (Å²) in [6, 6.07) is 11.7. The summed E-state index contributed by atoms with van der Waals surface area (Å²) < 4.78 is 20.3. The monoisotopic (exact) mass is 354 g/mol. The molecular formula is C20H19FN2O3. The highest BCUT2D eigenvalue weighted by Crippen LogP contribution is 2.26. The number of carbonyl (C=O) groups is 2. The van der Waals surface area contributed by atoms with Gasteiger partial charge in [-0.3, -0.25) is 14.2 Å². The van der Waals surface area contributed by atoms with Crippen LogP contribution in [0.25, 0.3) is 10.9 Å². The normalized spacial score (nSPS) is 10.7. The second kappa shape index (κ2) is 7.39. The van der Waals surface area contributed by atoms with Crippen LogP contribution >= 0.6 is 0 Å². The Hall–Kier alpha value is -3.15. The van der Waals surface area contributed by atoms with Crippen molar-refractivity contribution in [3.05, 3.63) is 65.6 Å². The highest BCUT2D eigenvalue weighted by Gasteiger charge is 2.17. The van der Waals surface area contributed by atoms with Gasteiger partial charge in [0.2, 0.25) is 5.91 Å². The molecule has 1 N–H and O–H groups in total. The van der Waals surface area contributed by atoms with Gasteiger partial charge in [0.05, 0.1) is 18.2 Å². The lowest BCUT2D eigenvalue weighted by Crippen LogP contribution is -2.25. The minimum Gasteiger partial charge on any atom is -0.497 e. The molecule has 0 bridgehead atoms. The standard InChI is InChI=1S/C20H19FN2O3/c1-13(24)23-12-17(16-11-15(26-2)7-8-19(16)23)20(25)22-10-9-14-5-3-4-6-18(14)21/h3-8,11-12H,9-10H2,1-2H3,(H,22,25). The van der Waals surface area contributed by atoms with Crippen LogP contribution in [0.3, 0.4) is 0 Å². The number of halogens is 1. The molecule has 3 aromatic rings. The van der Waals surface area contributed by atoms with Crippen LogP contribution in [0.5, 0.6) is 5.75 Å². The summed E-state index contributed by atoms with van der Waals surface area (Å²) in [5.41, 5.74) is 1.56. The predicted octanol–water partition coefficient (Wildman–Crippen LogP) is 3.42. The number of ether oxygens (including phenoxy) is 1. The first-order chi connectivity index (χ1) is 12.5. The van der Waals surface area contributed by atoms with E-state index in [0.29, 0.717) is 34.2 Å². The third-order valence-corrected chi connectivity index (χ3v) is 4.23. The number of benzene rings is 2. The van der Waals surface area contributed by atoms with E-state index in [1.165, 1.54) is 30.9 Å². The number of aromatic nitrogens is 1. The number of amides is 1. The van der Waals surface area contributed by atoms with E-state index in [9.17, 15) is 14.0 Å². The van der Waals surface area contributed by atoms with E-state index in [-0.39, 0.29) is 24.2 Å². The minimum absolute atomic E-state index is 0.189. The molecule has 26 heavy (non-hydrogen) atoms. The SMILES string of the molecule is COc1ccc2c(c1)c(C(=O)NCCc1ccccc1F)cn2C(C)=O. The molecule has 0 unspecified atom stereocenters. The molecule has 0 spiro atoms. The van der Waals surface area contributed by atoms with Gasteiger partial charge in [0.1, 0.15) is 11.6 Å². The van der Waals surface area contributed by atoms with E-state index in [4.69, 9.17) is 4.74 Å². The first kappa shape index (κ1) is 17.7. The second-order valence-electron chi connectivity index (χ2n) is 5.91. The zero-order chi connectivity index (χ0) is 18.7. The molecule has 0 aliphatic carbocycles. The number of hydrogen-bond acceptors (Lipinski definition) is 3. The van der Waals surface area contributed by atoms with Crippen molar-refractivity contribution in [2.24, 2.45) is 0 Å². The molecule has 3 rings (SSSR count). The lowest BCUT2D eigenvalue weighted by Gasteiger charge is -2.06. The first-order valence-electron chi connectivity index (χ1n) is 8.23. The zero-order valence-corrected chi connectivity index (χ0v) is 14.6. The summed E-state index contributed by atoms with van der Waals surface area (Å²) in [7, 11) is 1.54. The van der Waals surface area contributed by atoms with E-state index in [1.807, 2.05) is 0 Å². The van der Waals surface area contributed by atoms with Gasteiger partial charge in [0.15, 0.2) is 0 Å². The van der Waals surface area contributed by atoms with Crippen molar-refractivity contribution in [2.75, 3.05) is 13.7 Å². The van der Waals surface area contributed by atoms with Crippen LogP contribution in [0.4, 0.5) is 4.39 Å². The maximum Gasteiger partial charge on any atom is 0.253 e. The first-order valence-corrected chi connectivity index (χ1v) is 8.23. The van der Waals surface area contributed by atoms with Crippen molar-refractivity contribution in [2.45, 2.75) is 13.3 Å². The number of nitrogens with one attached hydrogen (secondary N) is 1. The predicted molar refractivity (Wildman–Crippen MR) is 97.2 cm³/mol. The smallest absolute Gasteiger partial charge is 0.253 e. The summed E-state index contributed by atoms with van der Waals surface area (Å²) in [5, 5.41) is 3.41. The van der Waals surface area contributed by atoms with Crippen molar-refractivity contribution in [3.63, 3.8) is 0 Å². The van der Waals surface area contributed by atoms with Gasteiger partial charge >= 0.3 is 0 Å². The van der Waals surface area contributed by atoms with Gasteiger partial charge in [-0.05, 0) is 36.2 Å². The van der Waals surface area contributed by atoms with Gasteiger partial charge in [0, 0.05) is 25.1 Å². The summed E-state index contributed by atoms with van der Waals surface area (Å²) in [6.07, 6.45) is 1.90. The van der Waals surface area contributed by atoms with Gasteiger partial charge in [-0.2, -0.15) is 0 Å². The van der Waals surface area contributed by atoms with Gasteiger partial charge in [-0.25, -0.2) is 4.39 Å². The van der Waals surface area contributed by atoms with E-state index in [2.05, 4.69) is 5.32 Å². The summed E-state index contributed by atoms with van der Waals surface area (Å²) in [5.74, 6) is -0.205. The summed E-state index contributed by atoms with van der Waals surface area (Å²) in [6.45, 7) is 1.72. The summed E-state index contributed by atoms with van der Waals surface area (Å²) >= 11 is 0. The molecule has 0 saturated carbocycles. The van der Waals surface area contributed by atoms with Crippen LogP contribution in [0.2, 0.25) is 0 Å². The van der Waals surface area contributed by atoms with Gasteiger partial charge < -0.3 is 10.1 Å². The van der Waals surface area contributed by atoms with Crippen molar-refractivity contribution in [3.8, 4) is 5.75 Å². The second-order valence-corrected chi connectivity index (χ2v) is 5.91. The molecule has 134 valence electrons. The largest absolute Gasteiger partial charge is 0.497 e. The molecule has 0 radical (unpaired) electrons.